The quantitative estimate of drug-likeness (QED) is 0.878. The molecule has 0 saturated carbocycles. The first-order valence-corrected chi connectivity index (χ1v) is 8.21. The Bertz CT molecular complexity index is 523. The molecule has 2 N–H and O–H groups in total. The highest BCUT2D eigenvalue weighted by molar-refractivity contribution is 5.94. The predicted molar refractivity (Wildman–Crippen MR) is 83.3 cm³/mol. The maximum absolute atomic E-state index is 13.0. The first-order chi connectivity index (χ1) is 10.9. The average molecular weight is 329 g/mol. The van der Waals surface area contributed by atoms with Gasteiger partial charge in [-0.05, 0) is 44.7 Å². The summed E-state index contributed by atoms with van der Waals surface area (Å²) < 4.78 is 39.0. The van der Waals surface area contributed by atoms with Gasteiger partial charge in [-0.2, -0.15) is 13.2 Å². The van der Waals surface area contributed by atoms with Gasteiger partial charge in [0.25, 0.3) is 5.91 Å². The van der Waals surface area contributed by atoms with Crippen molar-refractivity contribution in [1.29, 1.82) is 0 Å². The van der Waals surface area contributed by atoms with Crippen LogP contribution in [0.2, 0.25) is 0 Å². The summed E-state index contributed by atoms with van der Waals surface area (Å²) in [5.41, 5.74) is -0.966. The van der Waals surface area contributed by atoms with Crippen molar-refractivity contribution in [1.82, 2.24) is 0 Å². The monoisotopic (exact) mass is 329 g/mol. The zero-order valence-corrected chi connectivity index (χ0v) is 13.4. The van der Waals surface area contributed by atoms with Gasteiger partial charge >= 0.3 is 6.18 Å². The first-order valence-electron chi connectivity index (χ1n) is 8.21. The molecule has 0 aromatic heterocycles. The fourth-order valence-electron chi connectivity index (χ4n) is 3.06. The second-order valence-corrected chi connectivity index (χ2v) is 6.18. The van der Waals surface area contributed by atoms with E-state index in [1.807, 2.05) is 0 Å². The molecule has 0 aliphatic carbocycles. The van der Waals surface area contributed by atoms with Crippen LogP contribution in [-0.2, 0) is 11.0 Å². The number of amides is 1. The number of benzene rings is 1. The fraction of sp³-hybridized carbons (Fsp3) is 0.588. The zero-order chi connectivity index (χ0) is 16.9. The van der Waals surface area contributed by atoms with Gasteiger partial charge in [-0.3, -0.25) is 4.79 Å². The Morgan fingerprint density at radius 1 is 1.09 bits per heavy atom. The number of carbonyl (C=O) groups is 1. The summed E-state index contributed by atoms with van der Waals surface area (Å²) in [7, 11) is 0. The highest BCUT2D eigenvalue weighted by atomic mass is 19.4. The van der Waals surface area contributed by atoms with Crippen LogP contribution >= 0.6 is 0 Å². The molecule has 1 aliphatic heterocycles. The molecule has 3 nitrogen and oxygen atoms in total. The lowest BCUT2D eigenvalue weighted by Crippen LogP contribution is -3.16. The number of quaternary nitrogens is 1. The van der Waals surface area contributed by atoms with Crippen LogP contribution in [0.4, 0.5) is 18.9 Å². The Morgan fingerprint density at radius 2 is 1.65 bits per heavy atom. The molecule has 128 valence electrons. The molecular weight excluding hydrogens is 305 g/mol. The highest BCUT2D eigenvalue weighted by Crippen LogP contribution is 2.34. The van der Waals surface area contributed by atoms with E-state index in [0.29, 0.717) is 0 Å². The van der Waals surface area contributed by atoms with Crippen molar-refractivity contribution in [3.8, 4) is 0 Å². The number of hydrogen-bond acceptors (Lipinski definition) is 1. The zero-order valence-electron chi connectivity index (χ0n) is 13.4. The van der Waals surface area contributed by atoms with E-state index in [4.69, 9.17) is 0 Å². The first kappa shape index (κ1) is 17.8. The number of likely N-dealkylation sites (tertiary alicyclic amines) is 1. The predicted octanol–water partition coefficient (Wildman–Crippen LogP) is 2.88. The van der Waals surface area contributed by atoms with E-state index in [-0.39, 0.29) is 17.6 Å². The van der Waals surface area contributed by atoms with Crippen LogP contribution in [0.3, 0.4) is 0 Å². The van der Waals surface area contributed by atoms with Crippen LogP contribution < -0.4 is 10.2 Å². The van der Waals surface area contributed by atoms with E-state index >= 15 is 0 Å². The number of anilines is 1. The third-order valence-corrected chi connectivity index (χ3v) is 4.49. The lowest BCUT2D eigenvalue weighted by molar-refractivity contribution is -0.914. The number of carbonyl (C=O) groups excluding carboxylic acids is 1. The highest BCUT2D eigenvalue weighted by Gasteiger charge is 2.34. The molecule has 1 aliphatic rings. The second kappa shape index (κ2) is 7.81. The number of hydrogen-bond donors (Lipinski definition) is 2. The van der Waals surface area contributed by atoms with Crippen molar-refractivity contribution < 1.29 is 22.9 Å². The Hall–Kier alpha value is -1.56. The minimum absolute atomic E-state index is 0.164. The van der Waals surface area contributed by atoms with Crippen molar-refractivity contribution in [2.75, 3.05) is 18.4 Å². The van der Waals surface area contributed by atoms with Crippen LogP contribution in [0, 0.1) is 0 Å². The molecular formula is C17H24F3N2O+. The van der Waals surface area contributed by atoms with E-state index < -0.39 is 11.7 Å². The molecule has 0 radical (unpaired) electrons. The molecule has 0 spiro atoms. The molecule has 1 aromatic carbocycles. The molecule has 6 heteroatoms. The Morgan fingerprint density at radius 3 is 2.26 bits per heavy atom. The van der Waals surface area contributed by atoms with Crippen molar-refractivity contribution in [3.63, 3.8) is 0 Å². The summed E-state index contributed by atoms with van der Waals surface area (Å²) in [6.45, 7) is 3.59. The summed E-state index contributed by atoms with van der Waals surface area (Å²) in [6, 6.07) is 4.76. The summed E-state index contributed by atoms with van der Waals surface area (Å²) in [6.07, 6.45) is 1.20. The molecule has 1 aromatic rings. The molecule has 0 bridgehead atoms. The number of nitrogens with one attached hydrogen (secondary N) is 2. The van der Waals surface area contributed by atoms with Crippen molar-refractivity contribution in [2.24, 2.45) is 0 Å². The molecule has 1 saturated heterocycles. The number of alkyl halides is 3. The van der Waals surface area contributed by atoms with Crippen LogP contribution in [-0.4, -0.2) is 25.0 Å². The standard InChI is InChI=1S/C17H23F3N2O/c1-13(22-11-7-3-2-4-8-12-22)16(23)21-15-10-6-5-9-14(15)17(18,19)20/h5-6,9-10,13H,2-4,7-8,11-12H2,1H3,(H,21,23)/p+1/t13-/m1/s1. The maximum Gasteiger partial charge on any atom is 0.418 e. The smallest absolute Gasteiger partial charge is 0.325 e. The molecule has 1 heterocycles. The molecule has 2 rings (SSSR count). The lowest BCUT2D eigenvalue weighted by Gasteiger charge is -2.27. The summed E-state index contributed by atoms with van der Waals surface area (Å²) in [5, 5.41) is 2.47. The summed E-state index contributed by atoms with van der Waals surface area (Å²) >= 11 is 0. The van der Waals surface area contributed by atoms with Gasteiger partial charge in [-0.1, -0.05) is 18.6 Å². The minimum atomic E-state index is -4.47. The van der Waals surface area contributed by atoms with Crippen LogP contribution in [0.25, 0.3) is 0 Å². The Balaban J connectivity index is 2.06. The van der Waals surface area contributed by atoms with E-state index in [1.54, 1.807) is 6.92 Å². The van der Waals surface area contributed by atoms with Crippen molar-refractivity contribution in [2.45, 2.75) is 51.2 Å². The van der Waals surface area contributed by atoms with E-state index in [2.05, 4.69) is 5.32 Å². The largest absolute Gasteiger partial charge is 0.418 e. The normalized spacial score (nSPS) is 18.8. The molecule has 23 heavy (non-hydrogen) atoms. The molecule has 1 amide bonds. The van der Waals surface area contributed by atoms with Gasteiger partial charge in [-0.25, -0.2) is 0 Å². The SMILES string of the molecule is C[C@H](C(=O)Nc1ccccc1C(F)(F)F)[NH+]1CCCCCCC1. The van der Waals surface area contributed by atoms with E-state index in [1.165, 1.54) is 24.6 Å². The van der Waals surface area contributed by atoms with Gasteiger partial charge in [0.1, 0.15) is 0 Å². The number of halogens is 3. The van der Waals surface area contributed by atoms with Gasteiger partial charge in [0.2, 0.25) is 0 Å². The van der Waals surface area contributed by atoms with Gasteiger partial charge in [0.15, 0.2) is 6.04 Å². The maximum atomic E-state index is 13.0. The third-order valence-electron chi connectivity index (χ3n) is 4.49. The van der Waals surface area contributed by atoms with Crippen LogP contribution in [0.15, 0.2) is 24.3 Å². The van der Waals surface area contributed by atoms with E-state index in [9.17, 15) is 18.0 Å². The van der Waals surface area contributed by atoms with Gasteiger partial charge in [0.05, 0.1) is 24.3 Å². The molecule has 1 atom stereocenters. The van der Waals surface area contributed by atoms with Gasteiger partial charge < -0.3 is 10.2 Å². The van der Waals surface area contributed by atoms with Crippen LogP contribution in [0.5, 0.6) is 0 Å². The summed E-state index contributed by atoms with van der Waals surface area (Å²) in [5.74, 6) is -0.350. The number of para-hydroxylation sites is 1. The van der Waals surface area contributed by atoms with Gasteiger partial charge in [0, 0.05) is 0 Å². The van der Waals surface area contributed by atoms with Crippen molar-refractivity contribution in [3.05, 3.63) is 29.8 Å². The van der Waals surface area contributed by atoms with Gasteiger partial charge in [-0.15, -0.1) is 0 Å². The minimum Gasteiger partial charge on any atom is -0.325 e. The van der Waals surface area contributed by atoms with Crippen LogP contribution in [0.1, 0.15) is 44.6 Å². The fourth-order valence-corrected chi connectivity index (χ4v) is 3.06. The van der Waals surface area contributed by atoms with Crippen molar-refractivity contribution >= 4 is 11.6 Å². The second-order valence-electron chi connectivity index (χ2n) is 6.18. The molecule has 0 unspecified atom stereocenters. The molecule has 1 fully saturated rings. The van der Waals surface area contributed by atoms with E-state index in [0.717, 1.165) is 49.7 Å². The third kappa shape index (κ3) is 4.96. The number of rotatable bonds is 3. The topological polar surface area (TPSA) is 33.5 Å². The Kier molecular flexibility index (Phi) is 6.04. The Labute approximate surface area is 134 Å². The summed E-state index contributed by atoms with van der Waals surface area (Å²) in [4.78, 5) is 13.5. The lowest BCUT2D eigenvalue weighted by atomic mass is 10.1. The average Bonchev–Trinajstić information content (AvgIpc) is 2.45.